The molecule has 0 saturated heterocycles. The first-order valence-corrected chi connectivity index (χ1v) is 10.4. The fraction of sp³-hybridized carbons (Fsp3) is 0.222. The largest absolute Gasteiger partial charge is 0.491 e. The van der Waals surface area contributed by atoms with Gasteiger partial charge in [0, 0.05) is 22.5 Å². The predicted octanol–water partition coefficient (Wildman–Crippen LogP) is 4.21. The molecule has 10 heteroatoms. The number of pyridine rings is 1. The lowest BCUT2D eigenvalue weighted by atomic mass is 10.3. The van der Waals surface area contributed by atoms with Crippen LogP contribution in [0.5, 0.6) is 11.5 Å². The van der Waals surface area contributed by atoms with E-state index in [1.807, 2.05) is 6.92 Å². The number of benzene rings is 1. The maximum atomic E-state index is 12.1. The zero-order chi connectivity index (χ0) is 19.9. The summed E-state index contributed by atoms with van der Waals surface area (Å²) in [6, 6.07) is 8.60. The van der Waals surface area contributed by atoms with Crippen LogP contribution in [0.15, 0.2) is 40.9 Å². The summed E-state index contributed by atoms with van der Waals surface area (Å²) >= 11 is 8.91. The van der Waals surface area contributed by atoms with Crippen molar-refractivity contribution in [2.75, 3.05) is 19.0 Å². The Kier molecular flexibility index (Phi) is 7.07. The number of hydrogen-bond donors (Lipinski definition) is 1. The molecule has 0 spiro atoms. The molecule has 3 aromatic rings. The van der Waals surface area contributed by atoms with Gasteiger partial charge in [0.05, 0.1) is 19.0 Å². The van der Waals surface area contributed by atoms with Crippen molar-refractivity contribution in [3.8, 4) is 11.5 Å². The highest BCUT2D eigenvalue weighted by Gasteiger charge is 2.11. The molecule has 0 aliphatic carbocycles. The molecule has 0 bridgehead atoms. The number of carbonyl (C=O) groups is 1. The van der Waals surface area contributed by atoms with Crippen LogP contribution in [-0.2, 0) is 10.5 Å². The standard InChI is InChI=1S/C18H17ClN4O3S2/c1-11-22-23-18(28-11)27-10-14-7-15(16(25-2)8-20-14)26-9-17(24)21-13-5-3-12(19)4-6-13/h3-8H,9-10H2,1-2H3,(H,21,24). The number of hydrogen-bond acceptors (Lipinski definition) is 8. The van der Waals surface area contributed by atoms with Crippen LogP contribution in [-0.4, -0.2) is 34.8 Å². The molecular weight excluding hydrogens is 420 g/mol. The molecule has 2 heterocycles. The predicted molar refractivity (Wildman–Crippen MR) is 111 cm³/mol. The number of halogens is 1. The fourth-order valence-corrected chi connectivity index (χ4v) is 4.00. The average Bonchev–Trinajstić information content (AvgIpc) is 3.12. The van der Waals surface area contributed by atoms with E-state index in [1.165, 1.54) is 30.2 Å². The Hall–Kier alpha value is -2.36. The molecule has 1 aromatic carbocycles. The second-order valence-corrected chi connectivity index (χ2v) is 8.39. The topological polar surface area (TPSA) is 86.2 Å². The minimum Gasteiger partial charge on any atom is -0.491 e. The fourth-order valence-electron chi connectivity index (χ4n) is 2.16. The molecule has 1 N–H and O–H groups in total. The Labute approximate surface area is 175 Å². The summed E-state index contributed by atoms with van der Waals surface area (Å²) in [5.41, 5.74) is 1.43. The normalized spacial score (nSPS) is 10.5. The highest BCUT2D eigenvalue weighted by atomic mass is 35.5. The lowest BCUT2D eigenvalue weighted by Crippen LogP contribution is -2.20. The van der Waals surface area contributed by atoms with Crippen LogP contribution in [0.4, 0.5) is 5.69 Å². The van der Waals surface area contributed by atoms with Gasteiger partial charge in [-0.3, -0.25) is 9.78 Å². The maximum absolute atomic E-state index is 12.1. The lowest BCUT2D eigenvalue weighted by molar-refractivity contribution is -0.118. The first-order valence-electron chi connectivity index (χ1n) is 8.17. The molecule has 28 heavy (non-hydrogen) atoms. The van der Waals surface area contributed by atoms with Gasteiger partial charge >= 0.3 is 0 Å². The van der Waals surface area contributed by atoms with E-state index in [0.29, 0.717) is 28.0 Å². The molecule has 2 aromatic heterocycles. The van der Waals surface area contributed by atoms with Gasteiger partial charge in [-0.05, 0) is 31.2 Å². The van der Waals surface area contributed by atoms with Gasteiger partial charge in [-0.2, -0.15) is 0 Å². The minimum atomic E-state index is -0.290. The first-order chi connectivity index (χ1) is 13.5. The molecule has 7 nitrogen and oxygen atoms in total. The average molecular weight is 437 g/mol. The Bertz CT molecular complexity index is 950. The number of aromatic nitrogens is 3. The third-order valence-electron chi connectivity index (χ3n) is 3.45. The molecule has 0 saturated carbocycles. The second kappa shape index (κ2) is 9.72. The van der Waals surface area contributed by atoms with Gasteiger partial charge in [0.15, 0.2) is 22.4 Å². The summed E-state index contributed by atoms with van der Waals surface area (Å²) in [6.07, 6.45) is 1.58. The molecule has 0 radical (unpaired) electrons. The summed E-state index contributed by atoms with van der Waals surface area (Å²) in [6.45, 7) is 1.75. The Morgan fingerprint density at radius 2 is 2.04 bits per heavy atom. The monoisotopic (exact) mass is 436 g/mol. The number of carbonyl (C=O) groups excluding carboxylic acids is 1. The zero-order valence-electron chi connectivity index (χ0n) is 15.1. The van der Waals surface area contributed by atoms with Gasteiger partial charge in [-0.25, -0.2) is 0 Å². The number of thioether (sulfide) groups is 1. The lowest BCUT2D eigenvalue weighted by Gasteiger charge is -2.12. The van der Waals surface area contributed by atoms with Crippen molar-refractivity contribution in [3.05, 3.63) is 52.3 Å². The first kappa shape index (κ1) is 20.4. The summed E-state index contributed by atoms with van der Waals surface area (Å²) in [5.74, 6) is 1.22. The number of ether oxygens (including phenoxy) is 2. The van der Waals surface area contributed by atoms with Gasteiger partial charge in [0.2, 0.25) is 0 Å². The van der Waals surface area contributed by atoms with Crippen molar-refractivity contribution < 1.29 is 14.3 Å². The number of anilines is 1. The molecule has 146 valence electrons. The molecule has 1 amide bonds. The number of methoxy groups -OCH3 is 1. The summed E-state index contributed by atoms with van der Waals surface area (Å²) in [5, 5.41) is 12.3. The molecule has 0 atom stereocenters. The molecule has 0 aliphatic rings. The van der Waals surface area contributed by atoms with Crippen LogP contribution in [0.25, 0.3) is 0 Å². The summed E-state index contributed by atoms with van der Waals surface area (Å²) in [4.78, 5) is 16.5. The van der Waals surface area contributed by atoms with Crippen molar-refractivity contribution in [2.45, 2.75) is 17.0 Å². The van der Waals surface area contributed by atoms with Gasteiger partial charge in [-0.15, -0.1) is 10.2 Å². The van der Waals surface area contributed by atoms with E-state index >= 15 is 0 Å². The second-order valence-electron chi connectivity index (χ2n) is 5.55. The van der Waals surface area contributed by atoms with Crippen molar-refractivity contribution in [1.82, 2.24) is 15.2 Å². The zero-order valence-corrected chi connectivity index (χ0v) is 17.5. The maximum Gasteiger partial charge on any atom is 0.262 e. The third kappa shape index (κ3) is 5.82. The van der Waals surface area contributed by atoms with Crippen LogP contribution in [0.1, 0.15) is 10.7 Å². The van der Waals surface area contributed by atoms with Crippen molar-refractivity contribution in [1.29, 1.82) is 0 Å². The minimum absolute atomic E-state index is 0.162. The number of rotatable bonds is 8. The Morgan fingerprint density at radius 1 is 1.25 bits per heavy atom. The van der Waals surface area contributed by atoms with Crippen LogP contribution in [0.3, 0.4) is 0 Å². The van der Waals surface area contributed by atoms with E-state index in [0.717, 1.165) is 15.0 Å². The van der Waals surface area contributed by atoms with Crippen LogP contribution >= 0.6 is 34.7 Å². The molecular formula is C18H17ClN4O3S2. The summed E-state index contributed by atoms with van der Waals surface area (Å²) in [7, 11) is 1.52. The molecule has 0 fully saturated rings. The third-order valence-corrected chi connectivity index (χ3v) is 5.70. The van der Waals surface area contributed by atoms with E-state index in [1.54, 1.807) is 36.5 Å². The number of nitrogens with zero attached hydrogens (tertiary/aromatic N) is 3. The van der Waals surface area contributed by atoms with Crippen LogP contribution in [0, 0.1) is 6.92 Å². The summed E-state index contributed by atoms with van der Waals surface area (Å²) < 4.78 is 11.8. The smallest absolute Gasteiger partial charge is 0.262 e. The van der Waals surface area contributed by atoms with Gasteiger partial charge < -0.3 is 14.8 Å². The van der Waals surface area contributed by atoms with E-state index in [2.05, 4.69) is 20.5 Å². The number of nitrogens with one attached hydrogen (secondary N) is 1. The van der Waals surface area contributed by atoms with E-state index < -0.39 is 0 Å². The van der Waals surface area contributed by atoms with Gasteiger partial charge in [-0.1, -0.05) is 34.7 Å². The van der Waals surface area contributed by atoms with Gasteiger partial charge in [0.25, 0.3) is 5.91 Å². The van der Waals surface area contributed by atoms with Crippen LogP contribution < -0.4 is 14.8 Å². The number of amides is 1. The Balaban J connectivity index is 1.59. The SMILES string of the molecule is COc1cnc(CSc2nnc(C)s2)cc1OCC(=O)Nc1ccc(Cl)cc1. The molecule has 0 aliphatic heterocycles. The number of aryl methyl sites for hydroxylation is 1. The van der Waals surface area contributed by atoms with E-state index in [4.69, 9.17) is 21.1 Å². The Morgan fingerprint density at radius 3 is 2.71 bits per heavy atom. The van der Waals surface area contributed by atoms with Crippen molar-refractivity contribution in [2.24, 2.45) is 0 Å². The van der Waals surface area contributed by atoms with Crippen molar-refractivity contribution in [3.63, 3.8) is 0 Å². The van der Waals surface area contributed by atoms with Crippen molar-refractivity contribution >= 4 is 46.3 Å². The van der Waals surface area contributed by atoms with Crippen LogP contribution in [0.2, 0.25) is 5.02 Å². The highest BCUT2D eigenvalue weighted by Crippen LogP contribution is 2.30. The highest BCUT2D eigenvalue weighted by molar-refractivity contribution is 8.00. The van der Waals surface area contributed by atoms with E-state index in [-0.39, 0.29) is 12.5 Å². The molecule has 3 rings (SSSR count). The van der Waals surface area contributed by atoms with Gasteiger partial charge in [0.1, 0.15) is 5.01 Å². The molecule has 0 unspecified atom stereocenters. The van der Waals surface area contributed by atoms with E-state index in [9.17, 15) is 4.79 Å². The quantitative estimate of drug-likeness (QED) is 0.529.